The second kappa shape index (κ2) is 5.68. The Hall–Kier alpha value is -1.82. The monoisotopic (exact) mass is 268 g/mol. The molecule has 0 aromatic carbocycles. The van der Waals surface area contributed by atoms with E-state index in [9.17, 15) is 0 Å². The van der Waals surface area contributed by atoms with Crippen molar-refractivity contribution in [3.8, 4) is 6.01 Å². The first-order chi connectivity index (χ1) is 8.67. The van der Waals surface area contributed by atoms with Crippen molar-refractivity contribution in [2.75, 3.05) is 12.4 Å². The molecule has 0 aliphatic carbocycles. The van der Waals surface area contributed by atoms with Crippen LogP contribution in [-0.2, 0) is 6.42 Å². The van der Waals surface area contributed by atoms with E-state index in [0.29, 0.717) is 5.95 Å². The number of hydrogen-bond donors (Lipinski definition) is 1. The van der Waals surface area contributed by atoms with E-state index < -0.39 is 0 Å². The molecule has 0 amide bonds. The molecule has 0 aliphatic rings. The highest BCUT2D eigenvalue weighted by Crippen LogP contribution is 2.13. The third kappa shape index (κ3) is 3.33. The van der Waals surface area contributed by atoms with Crippen LogP contribution < -0.4 is 10.1 Å². The van der Waals surface area contributed by atoms with Crippen molar-refractivity contribution in [2.24, 2.45) is 0 Å². The minimum absolute atomic E-state index is 0.0922. The summed E-state index contributed by atoms with van der Waals surface area (Å²) in [6, 6.07) is 4.05. The van der Waals surface area contributed by atoms with Crippen molar-refractivity contribution in [1.82, 2.24) is 15.0 Å². The van der Waals surface area contributed by atoms with E-state index in [1.807, 2.05) is 19.1 Å². The Morgan fingerprint density at radius 1 is 1.44 bits per heavy atom. The van der Waals surface area contributed by atoms with Gasteiger partial charge in [-0.15, -0.1) is 0 Å². The van der Waals surface area contributed by atoms with E-state index in [1.54, 1.807) is 6.26 Å². The highest BCUT2D eigenvalue weighted by molar-refractivity contribution is 6.28. The summed E-state index contributed by atoms with van der Waals surface area (Å²) in [4.78, 5) is 11.8. The first kappa shape index (κ1) is 12.6. The number of methoxy groups -OCH3 is 1. The number of halogens is 1. The molecule has 2 rings (SSSR count). The first-order valence-corrected chi connectivity index (χ1v) is 5.79. The van der Waals surface area contributed by atoms with Gasteiger partial charge in [-0.2, -0.15) is 15.0 Å². The molecule has 2 aromatic rings. The van der Waals surface area contributed by atoms with E-state index in [2.05, 4.69) is 20.3 Å². The summed E-state index contributed by atoms with van der Waals surface area (Å²) in [5, 5.41) is 3.20. The topological polar surface area (TPSA) is 73.1 Å². The van der Waals surface area contributed by atoms with E-state index in [0.717, 1.165) is 12.2 Å². The number of nitrogens with one attached hydrogen (secondary N) is 1. The van der Waals surface area contributed by atoms with Crippen LogP contribution in [0.3, 0.4) is 0 Å². The molecule has 6 nitrogen and oxygen atoms in total. The van der Waals surface area contributed by atoms with E-state index in [1.165, 1.54) is 7.11 Å². The van der Waals surface area contributed by atoms with E-state index in [4.69, 9.17) is 20.8 Å². The lowest BCUT2D eigenvalue weighted by molar-refractivity contribution is 0.378. The van der Waals surface area contributed by atoms with E-state index >= 15 is 0 Å². The van der Waals surface area contributed by atoms with E-state index in [-0.39, 0.29) is 17.3 Å². The molecular formula is C11H13ClN4O2. The SMILES string of the molecule is COc1nc(Cl)nc(NC(C)Cc2ccco2)n1. The van der Waals surface area contributed by atoms with Crippen LogP contribution in [0.5, 0.6) is 6.01 Å². The first-order valence-electron chi connectivity index (χ1n) is 5.42. The maximum absolute atomic E-state index is 5.75. The molecule has 1 unspecified atom stereocenters. The van der Waals surface area contributed by atoms with Gasteiger partial charge >= 0.3 is 6.01 Å². The molecule has 0 aliphatic heterocycles. The van der Waals surface area contributed by atoms with Gasteiger partial charge < -0.3 is 14.5 Å². The fraction of sp³-hybridized carbons (Fsp3) is 0.364. The van der Waals surface area contributed by atoms with Gasteiger partial charge in [0.05, 0.1) is 13.4 Å². The normalized spacial score (nSPS) is 12.2. The van der Waals surface area contributed by atoms with Gasteiger partial charge in [0.2, 0.25) is 11.2 Å². The van der Waals surface area contributed by atoms with Crippen molar-refractivity contribution in [2.45, 2.75) is 19.4 Å². The molecule has 18 heavy (non-hydrogen) atoms. The van der Waals surface area contributed by atoms with Gasteiger partial charge in [-0.05, 0) is 30.7 Å². The third-order valence-electron chi connectivity index (χ3n) is 2.23. The zero-order valence-electron chi connectivity index (χ0n) is 10.1. The van der Waals surface area contributed by atoms with Crippen LogP contribution in [0.25, 0.3) is 0 Å². The Kier molecular flexibility index (Phi) is 3.99. The zero-order chi connectivity index (χ0) is 13.0. The second-order valence-corrected chi connectivity index (χ2v) is 4.08. The average molecular weight is 269 g/mol. The number of aromatic nitrogens is 3. The van der Waals surface area contributed by atoms with Gasteiger partial charge in [-0.1, -0.05) is 0 Å². The van der Waals surface area contributed by atoms with Gasteiger partial charge in [-0.25, -0.2) is 0 Å². The Balaban J connectivity index is 2.02. The summed E-state index contributed by atoms with van der Waals surface area (Å²) < 4.78 is 10.2. The summed E-state index contributed by atoms with van der Waals surface area (Å²) in [7, 11) is 1.47. The molecule has 0 fully saturated rings. The minimum Gasteiger partial charge on any atom is -0.469 e. The highest BCUT2D eigenvalue weighted by atomic mass is 35.5. The highest BCUT2D eigenvalue weighted by Gasteiger charge is 2.10. The molecule has 0 saturated carbocycles. The Labute approximate surface area is 109 Å². The average Bonchev–Trinajstić information content (AvgIpc) is 2.80. The lowest BCUT2D eigenvalue weighted by atomic mass is 10.2. The molecule has 2 aromatic heterocycles. The molecule has 0 saturated heterocycles. The van der Waals surface area contributed by atoms with Crippen LogP contribution in [0.2, 0.25) is 5.28 Å². The number of ether oxygens (including phenoxy) is 1. The predicted octanol–water partition coefficient (Wildman–Crippen LogP) is 2.17. The van der Waals surface area contributed by atoms with Crippen LogP contribution in [-0.4, -0.2) is 28.1 Å². The smallest absolute Gasteiger partial charge is 0.322 e. The second-order valence-electron chi connectivity index (χ2n) is 3.74. The number of furan rings is 1. The molecule has 7 heteroatoms. The fourth-order valence-electron chi connectivity index (χ4n) is 1.49. The Morgan fingerprint density at radius 3 is 2.94 bits per heavy atom. The molecule has 1 atom stereocenters. The van der Waals surface area contributed by atoms with Gasteiger partial charge in [0.15, 0.2) is 0 Å². The lowest BCUT2D eigenvalue weighted by Gasteiger charge is -2.12. The van der Waals surface area contributed by atoms with Gasteiger partial charge in [0.25, 0.3) is 0 Å². The molecule has 1 N–H and O–H groups in total. The van der Waals surface area contributed by atoms with Crippen LogP contribution >= 0.6 is 11.6 Å². The van der Waals surface area contributed by atoms with Crippen molar-refractivity contribution in [3.63, 3.8) is 0 Å². The Morgan fingerprint density at radius 2 is 2.28 bits per heavy atom. The standard InChI is InChI=1S/C11H13ClN4O2/c1-7(6-8-4-3-5-18-8)13-10-14-9(12)15-11(16-10)17-2/h3-5,7H,6H2,1-2H3,(H,13,14,15,16). The van der Waals surface area contributed by atoms with Gasteiger partial charge in [0.1, 0.15) is 5.76 Å². The quantitative estimate of drug-likeness (QED) is 0.896. The van der Waals surface area contributed by atoms with Crippen molar-refractivity contribution in [3.05, 3.63) is 29.4 Å². The molecule has 96 valence electrons. The zero-order valence-corrected chi connectivity index (χ0v) is 10.8. The predicted molar refractivity (Wildman–Crippen MR) is 66.9 cm³/mol. The summed E-state index contributed by atoms with van der Waals surface area (Å²) in [6.45, 7) is 1.99. The lowest BCUT2D eigenvalue weighted by Crippen LogP contribution is -2.20. The maximum atomic E-state index is 5.75. The van der Waals surface area contributed by atoms with Crippen LogP contribution in [0.15, 0.2) is 22.8 Å². The van der Waals surface area contributed by atoms with Crippen LogP contribution in [0.4, 0.5) is 5.95 Å². The summed E-state index contributed by atoms with van der Waals surface area (Å²) in [6.07, 6.45) is 2.36. The van der Waals surface area contributed by atoms with Gasteiger partial charge in [0, 0.05) is 12.5 Å². The minimum atomic E-state index is 0.0922. The van der Waals surface area contributed by atoms with Crippen LogP contribution in [0.1, 0.15) is 12.7 Å². The summed E-state index contributed by atoms with van der Waals surface area (Å²) in [5.41, 5.74) is 0. The summed E-state index contributed by atoms with van der Waals surface area (Å²) in [5.74, 6) is 1.27. The number of hydrogen-bond acceptors (Lipinski definition) is 6. The number of rotatable bonds is 5. The summed E-state index contributed by atoms with van der Waals surface area (Å²) >= 11 is 5.75. The fourth-order valence-corrected chi connectivity index (χ4v) is 1.64. The van der Waals surface area contributed by atoms with Crippen molar-refractivity contribution in [1.29, 1.82) is 0 Å². The molecule has 0 spiro atoms. The van der Waals surface area contributed by atoms with Crippen molar-refractivity contribution < 1.29 is 9.15 Å². The number of nitrogens with zero attached hydrogens (tertiary/aromatic N) is 3. The van der Waals surface area contributed by atoms with Crippen LogP contribution in [0, 0.1) is 0 Å². The molecule has 0 radical (unpaired) electrons. The third-order valence-corrected chi connectivity index (χ3v) is 2.40. The Bertz CT molecular complexity index is 504. The molecular weight excluding hydrogens is 256 g/mol. The molecule has 0 bridgehead atoms. The maximum Gasteiger partial charge on any atom is 0.322 e. The largest absolute Gasteiger partial charge is 0.469 e. The number of anilines is 1. The molecule has 2 heterocycles. The van der Waals surface area contributed by atoms with Crippen molar-refractivity contribution >= 4 is 17.5 Å². The van der Waals surface area contributed by atoms with Gasteiger partial charge in [-0.3, -0.25) is 0 Å².